The van der Waals surface area contributed by atoms with Crippen LogP contribution in [0.2, 0.25) is 0 Å². The summed E-state index contributed by atoms with van der Waals surface area (Å²) >= 11 is 0.904. The highest BCUT2D eigenvalue weighted by Gasteiger charge is 2.20. The fourth-order valence-electron chi connectivity index (χ4n) is 2.89. The molecule has 34 heavy (non-hydrogen) atoms. The van der Waals surface area contributed by atoms with Gasteiger partial charge in [0.2, 0.25) is 19.1 Å². The molecule has 10 nitrogen and oxygen atoms in total. The van der Waals surface area contributed by atoms with Crippen molar-refractivity contribution >= 4 is 43.0 Å². The molecular formula is C22H29N4O6PS. The summed E-state index contributed by atoms with van der Waals surface area (Å²) in [4.78, 5) is 54.1. The Hall–Kier alpha value is -2.69. The van der Waals surface area contributed by atoms with Gasteiger partial charge in [0.25, 0.3) is 0 Å². The third-order valence-corrected chi connectivity index (χ3v) is 6.32. The summed E-state index contributed by atoms with van der Waals surface area (Å²) in [6.45, 7) is 5.56. The number of anilines is 1. The molecule has 0 aliphatic carbocycles. The van der Waals surface area contributed by atoms with Crippen molar-refractivity contribution in [3.05, 3.63) is 58.0 Å². The zero-order valence-corrected chi connectivity index (χ0v) is 21.0. The number of carbonyl (C=O) groups excluding carboxylic acids is 2. The third kappa shape index (κ3) is 8.27. The molecule has 0 aliphatic heterocycles. The van der Waals surface area contributed by atoms with Crippen molar-refractivity contribution in [2.75, 3.05) is 18.9 Å². The number of nitrogen functional groups attached to an aromatic ring is 1. The van der Waals surface area contributed by atoms with Gasteiger partial charge in [0, 0.05) is 28.8 Å². The monoisotopic (exact) mass is 508 g/mol. The van der Waals surface area contributed by atoms with E-state index >= 15 is 0 Å². The number of nitrogens with two attached hydrogens (primary N) is 1. The van der Waals surface area contributed by atoms with Crippen LogP contribution in [0, 0.1) is 6.92 Å². The van der Waals surface area contributed by atoms with Crippen molar-refractivity contribution < 1.29 is 28.6 Å². The number of aryl methyl sites for hydroxylation is 1. The lowest BCUT2D eigenvalue weighted by atomic mass is 10.2. The highest BCUT2D eigenvalue weighted by atomic mass is 32.2. The number of nitrogens with zero attached hydrogens (tertiary/aromatic N) is 3. The van der Waals surface area contributed by atoms with E-state index in [2.05, 4.69) is 16.3 Å². The molecule has 0 saturated carbocycles. The fraction of sp³-hybridized carbons (Fsp3) is 0.318. The van der Waals surface area contributed by atoms with Crippen molar-refractivity contribution in [1.29, 1.82) is 0 Å². The Morgan fingerprint density at radius 2 is 2.06 bits per heavy atom. The van der Waals surface area contributed by atoms with Crippen LogP contribution in [0.15, 0.2) is 41.1 Å². The fourth-order valence-corrected chi connectivity index (χ4v) is 4.22. The van der Waals surface area contributed by atoms with Gasteiger partial charge in [0.15, 0.2) is 0 Å². The summed E-state index contributed by atoms with van der Waals surface area (Å²) in [6, 6.07) is 6.85. The largest absolute Gasteiger partial charge is 0.493 e. The summed E-state index contributed by atoms with van der Waals surface area (Å²) in [5, 5.41) is -0.300. The van der Waals surface area contributed by atoms with Crippen LogP contribution in [0.5, 0.6) is 5.75 Å². The number of benzene rings is 1. The van der Waals surface area contributed by atoms with Gasteiger partial charge in [-0.1, -0.05) is 12.1 Å². The summed E-state index contributed by atoms with van der Waals surface area (Å²) in [7, 11) is -3.71. The molecule has 4 N–H and O–H groups in total. The first kappa shape index (κ1) is 27.6. The first-order valence-corrected chi connectivity index (χ1v) is 12.9. The van der Waals surface area contributed by atoms with Crippen LogP contribution < -0.4 is 10.5 Å². The predicted octanol–water partition coefficient (Wildman–Crippen LogP) is 3.12. The van der Waals surface area contributed by atoms with Crippen LogP contribution >= 0.6 is 19.3 Å². The predicted molar refractivity (Wildman–Crippen MR) is 134 cm³/mol. The molecule has 2 aromatic rings. The highest BCUT2D eigenvalue weighted by molar-refractivity contribution is 8.17. The lowest BCUT2D eigenvalue weighted by Gasteiger charge is -2.22. The van der Waals surface area contributed by atoms with E-state index in [4.69, 9.17) is 15.0 Å². The van der Waals surface area contributed by atoms with Gasteiger partial charge in [0.1, 0.15) is 17.4 Å². The van der Waals surface area contributed by atoms with Gasteiger partial charge in [-0.3, -0.25) is 9.59 Å². The van der Waals surface area contributed by atoms with E-state index in [1.165, 1.54) is 4.90 Å². The second-order valence-electron chi connectivity index (χ2n) is 7.14. The summed E-state index contributed by atoms with van der Waals surface area (Å²) in [6.07, 6.45) is 5.46. The van der Waals surface area contributed by atoms with E-state index < -0.39 is 7.57 Å². The van der Waals surface area contributed by atoms with Gasteiger partial charge in [-0.25, -0.2) is 9.97 Å². The van der Waals surface area contributed by atoms with Crippen LogP contribution in [0.25, 0.3) is 0 Å². The number of ether oxygens (including phenoxy) is 1. The van der Waals surface area contributed by atoms with Crippen molar-refractivity contribution in [2.24, 2.45) is 0 Å². The molecule has 0 bridgehead atoms. The SMILES string of the molecule is C=P(O)(O)OCC/C(SC(=O)c1ccccc1OCC)=C(\C)N(C=O)Cc1cnc(C)nc1N. The Bertz CT molecular complexity index is 1100. The minimum Gasteiger partial charge on any atom is -0.493 e. The Balaban J connectivity index is 2.37. The van der Waals surface area contributed by atoms with E-state index in [1.807, 2.05) is 6.92 Å². The van der Waals surface area contributed by atoms with Gasteiger partial charge in [-0.05, 0) is 51.0 Å². The maximum absolute atomic E-state index is 13.1. The summed E-state index contributed by atoms with van der Waals surface area (Å²) in [5.41, 5.74) is 7.35. The lowest BCUT2D eigenvalue weighted by Crippen LogP contribution is -2.22. The lowest BCUT2D eigenvalue weighted by molar-refractivity contribution is -0.116. The molecule has 0 spiro atoms. The molecular weight excluding hydrogens is 479 g/mol. The zero-order valence-electron chi connectivity index (χ0n) is 19.3. The Morgan fingerprint density at radius 1 is 1.35 bits per heavy atom. The van der Waals surface area contributed by atoms with E-state index in [-0.39, 0.29) is 30.5 Å². The first-order valence-electron chi connectivity index (χ1n) is 10.3. The van der Waals surface area contributed by atoms with Crippen molar-refractivity contribution in [2.45, 2.75) is 33.7 Å². The van der Waals surface area contributed by atoms with Gasteiger partial charge in [-0.15, -0.1) is 0 Å². The van der Waals surface area contributed by atoms with E-state index in [0.29, 0.717) is 46.3 Å². The number of thioether (sulfide) groups is 1. The van der Waals surface area contributed by atoms with Gasteiger partial charge in [-0.2, -0.15) is 0 Å². The number of hydrogen-bond donors (Lipinski definition) is 3. The van der Waals surface area contributed by atoms with Gasteiger partial charge >= 0.3 is 0 Å². The third-order valence-electron chi connectivity index (χ3n) is 4.57. The zero-order chi connectivity index (χ0) is 25.3. The van der Waals surface area contributed by atoms with E-state index in [0.717, 1.165) is 11.8 Å². The molecule has 1 aromatic heterocycles. The second kappa shape index (κ2) is 12.7. The molecule has 0 unspecified atom stereocenters. The number of hydrogen-bond acceptors (Lipinski definition) is 10. The first-order chi connectivity index (χ1) is 16.1. The molecule has 1 aromatic carbocycles. The van der Waals surface area contributed by atoms with Crippen LogP contribution in [0.1, 0.15) is 42.0 Å². The number of para-hydroxylation sites is 1. The second-order valence-corrected chi connectivity index (χ2v) is 9.79. The summed E-state index contributed by atoms with van der Waals surface area (Å²) in [5.74, 6) is 1.20. The quantitative estimate of drug-likeness (QED) is 0.288. The molecule has 0 saturated heterocycles. The minimum atomic E-state index is -3.71. The Labute approximate surface area is 203 Å². The smallest absolute Gasteiger partial charge is 0.245 e. The van der Waals surface area contributed by atoms with Crippen molar-refractivity contribution in [3.8, 4) is 5.75 Å². The topological polar surface area (TPSA) is 148 Å². The van der Waals surface area contributed by atoms with Gasteiger partial charge < -0.3 is 29.7 Å². The normalized spacial score (nSPS) is 12.1. The molecule has 12 heteroatoms. The number of rotatable bonds is 12. The average molecular weight is 509 g/mol. The van der Waals surface area contributed by atoms with Crippen LogP contribution in [0.3, 0.4) is 0 Å². The number of carbonyl (C=O) groups is 2. The van der Waals surface area contributed by atoms with Crippen LogP contribution in [-0.4, -0.2) is 55.7 Å². The molecule has 184 valence electrons. The Kier molecular flexibility index (Phi) is 10.3. The van der Waals surface area contributed by atoms with Crippen LogP contribution in [0.4, 0.5) is 5.82 Å². The molecule has 1 amide bonds. The molecule has 0 fully saturated rings. The molecule has 0 radical (unpaired) electrons. The number of allylic oxidation sites excluding steroid dienone is 1. The van der Waals surface area contributed by atoms with Gasteiger partial charge in [0.05, 0.1) is 25.3 Å². The minimum absolute atomic E-state index is 0.0857. The van der Waals surface area contributed by atoms with Crippen LogP contribution in [-0.2, 0) is 15.9 Å². The maximum Gasteiger partial charge on any atom is 0.245 e. The molecule has 0 aliphatic rings. The maximum atomic E-state index is 13.1. The number of aromatic nitrogens is 2. The molecule has 1 heterocycles. The van der Waals surface area contributed by atoms with E-state index in [9.17, 15) is 19.4 Å². The molecule has 2 rings (SSSR count). The number of amides is 1. The highest BCUT2D eigenvalue weighted by Crippen LogP contribution is 2.37. The van der Waals surface area contributed by atoms with Crippen molar-refractivity contribution in [3.63, 3.8) is 0 Å². The Morgan fingerprint density at radius 3 is 2.68 bits per heavy atom. The average Bonchev–Trinajstić information content (AvgIpc) is 2.77. The van der Waals surface area contributed by atoms with E-state index in [1.54, 1.807) is 44.3 Å². The van der Waals surface area contributed by atoms with Crippen molar-refractivity contribution in [1.82, 2.24) is 14.9 Å². The standard InChI is InChI=1S/C22H29N4O6PS/c1-5-31-19-9-7-6-8-18(19)22(28)34-20(10-11-32-33(4,29)30)15(2)26(14-27)13-17-12-24-16(3)25-21(17)23/h6-9,12,14,29-30H,4-5,10-11,13H2,1-3H3,(H2,23,24,25)/b20-15-. The molecule has 0 atom stereocenters. The summed E-state index contributed by atoms with van der Waals surface area (Å²) < 4.78 is 10.6.